The van der Waals surface area contributed by atoms with Gasteiger partial charge in [-0.05, 0) is 37.7 Å². The van der Waals surface area contributed by atoms with E-state index >= 15 is 0 Å². The van der Waals surface area contributed by atoms with Crippen LogP contribution in [0.15, 0.2) is 29.2 Å². The highest BCUT2D eigenvalue weighted by Crippen LogP contribution is 2.37. The first-order valence-corrected chi connectivity index (χ1v) is 11.2. The first-order valence-electron chi connectivity index (χ1n) is 7.89. The van der Waals surface area contributed by atoms with Gasteiger partial charge in [0, 0.05) is 0 Å². The summed E-state index contributed by atoms with van der Waals surface area (Å²) in [6.45, 7) is 0. The number of rotatable bonds is 7. The van der Waals surface area contributed by atoms with Crippen LogP contribution < -0.4 is 9.46 Å². The maximum absolute atomic E-state index is 11.7. The number of aliphatic hydroxyl groups is 3. The number of nitrogens with one attached hydrogen (secondary N) is 1. The summed E-state index contributed by atoms with van der Waals surface area (Å²) in [5.41, 5.74) is 0. The Morgan fingerprint density at radius 3 is 2.22 bits per heavy atom. The van der Waals surface area contributed by atoms with Gasteiger partial charge in [-0.3, -0.25) is 4.57 Å². The molecule has 1 aliphatic rings. The lowest BCUT2D eigenvalue weighted by Crippen LogP contribution is -2.59. The molecule has 0 bridgehead atoms. The second kappa shape index (κ2) is 8.52. The predicted molar refractivity (Wildman–Crippen MR) is 91.5 cm³/mol. The Labute approximate surface area is 155 Å². The Morgan fingerprint density at radius 1 is 1.11 bits per heavy atom. The average molecular weight is 427 g/mol. The van der Waals surface area contributed by atoms with E-state index in [2.05, 4.69) is 4.72 Å². The molecule has 0 amide bonds. The Hall–Kier alpha value is -1.08. The summed E-state index contributed by atoms with van der Waals surface area (Å²) < 4.78 is 47.3. The maximum Gasteiger partial charge on any atom is 0.325 e. The minimum absolute atomic E-state index is 0.0163. The van der Waals surface area contributed by atoms with Crippen LogP contribution in [0.1, 0.15) is 6.42 Å². The Kier molecular flexibility index (Phi) is 7.01. The second-order valence-electron chi connectivity index (χ2n) is 5.99. The number of sulfonamides is 1. The number of benzene rings is 1. The quantitative estimate of drug-likeness (QED) is 0.276. The molecule has 1 aromatic rings. The van der Waals surface area contributed by atoms with E-state index in [1.54, 1.807) is 0 Å². The van der Waals surface area contributed by atoms with Gasteiger partial charge in [-0.25, -0.2) is 13.1 Å². The van der Waals surface area contributed by atoms with E-state index in [9.17, 15) is 28.3 Å². The van der Waals surface area contributed by atoms with E-state index < -0.39 is 54.5 Å². The lowest BCUT2D eigenvalue weighted by atomic mass is 9.97. The fraction of sp³-hybridized carbons (Fsp3) is 0.571. The monoisotopic (exact) mass is 427 g/mol. The third-order valence-electron chi connectivity index (χ3n) is 4.03. The van der Waals surface area contributed by atoms with Crippen LogP contribution in [0.5, 0.6) is 5.75 Å². The van der Waals surface area contributed by atoms with E-state index in [-0.39, 0.29) is 17.1 Å². The van der Waals surface area contributed by atoms with Gasteiger partial charge in [0.25, 0.3) is 0 Å². The molecule has 0 aromatic heterocycles. The van der Waals surface area contributed by atoms with Gasteiger partial charge in [-0.1, -0.05) is 0 Å². The summed E-state index contributed by atoms with van der Waals surface area (Å²) in [4.78, 5) is 17.9. The number of ether oxygens (including phenoxy) is 2. The zero-order valence-electron chi connectivity index (χ0n) is 14.2. The SMILES string of the molecule is CNS(=O)(=O)c1ccc(O[C@H]2O[C@H](CCP(=O)(O)O)[C@@H](O)[C@H](O)[C@@H]2O)cc1. The standard InChI is InChI=1S/C14H22NO10PS/c1-15-27(22,23)9-4-2-8(3-5-9)24-14-13(18)12(17)11(16)10(25-14)6-7-26(19,20)21/h2-5,10-18H,6-7H2,1H3,(H2,19,20,21)/t10-,11-,12+,13+,14+/m1/s1. The van der Waals surface area contributed by atoms with Gasteiger partial charge in [-0.2, -0.15) is 0 Å². The molecule has 0 aliphatic carbocycles. The molecule has 5 atom stereocenters. The van der Waals surface area contributed by atoms with Crippen LogP contribution in [0, 0.1) is 0 Å². The summed E-state index contributed by atoms with van der Waals surface area (Å²) in [5, 5.41) is 29.9. The molecule has 1 heterocycles. The van der Waals surface area contributed by atoms with Crippen molar-refractivity contribution in [2.45, 2.75) is 42.0 Å². The third kappa shape index (κ3) is 5.70. The molecule has 6 N–H and O–H groups in total. The summed E-state index contributed by atoms with van der Waals surface area (Å²) >= 11 is 0. The van der Waals surface area contributed by atoms with Crippen molar-refractivity contribution in [3.05, 3.63) is 24.3 Å². The summed E-state index contributed by atoms with van der Waals surface area (Å²) in [6.07, 6.45) is -8.31. The molecule has 1 fully saturated rings. The van der Waals surface area contributed by atoms with Crippen molar-refractivity contribution in [1.82, 2.24) is 4.72 Å². The summed E-state index contributed by atoms with van der Waals surface area (Å²) in [7, 11) is -6.72. The van der Waals surface area contributed by atoms with Crippen LogP contribution in [0.4, 0.5) is 0 Å². The molecule has 0 radical (unpaired) electrons. The average Bonchev–Trinajstić information content (AvgIpc) is 2.61. The van der Waals surface area contributed by atoms with Gasteiger partial charge in [-0.15, -0.1) is 0 Å². The highest BCUT2D eigenvalue weighted by molar-refractivity contribution is 7.89. The minimum atomic E-state index is -4.34. The van der Waals surface area contributed by atoms with Crippen molar-refractivity contribution in [2.24, 2.45) is 0 Å². The van der Waals surface area contributed by atoms with E-state index in [1.165, 1.54) is 31.3 Å². The lowest BCUT2D eigenvalue weighted by Gasteiger charge is -2.40. The second-order valence-corrected chi connectivity index (χ2v) is 9.65. The maximum atomic E-state index is 11.7. The molecule has 1 saturated heterocycles. The van der Waals surface area contributed by atoms with Crippen LogP contribution in [-0.4, -0.2) is 77.4 Å². The molecule has 2 rings (SSSR count). The van der Waals surface area contributed by atoms with Crippen LogP contribution in [0.3, 0.4) is 0 Å². The summed E-state index contributed by atoms with van der Waals surface area (Å²) in [5.74, 6) is 0.117. The van der Waals surface area contributed by atoms with Gasteiger partial charge in [0.1, 0.15) is 24.1 Å². The van der Waals surface area contributed by atoms with Crippen molar-refractivity contribution in [3.8, 4) is 5.75 Å². The predicted octanol–water partition coefficient (Wildman–Crippen LogP) is -1.65. The molecule has 0 unspecified atom stereocenters. The number of hydrogen-bond donors (Lipinski definition) is 6. The van der Waals surface area contributed by atoms with Crippen LogP contribution in [0.2, 0.25) is 0 Å². The van der Waals surface area contributed by atoms with Crippen LogP contribution in [-0.2, 0) is 19.3 Å². The molecular weight excluding hydrogens is 405 g/mol. The van der Waals surface area contributed by atoms with Crippen LogP contribution in [0.25, 0.3) is 0 Å². The fourth-order valence-corrected chi connectivity index (χ4v) is 3.82. The van der Waals surface area contributed by atoms with E-state index in [4.69, 9.17) is 19.3 Å². The highest BCUT2D eigenvalue weighted by atomic mass is 32.2. The summed E-state index contributed by atoms with van der Waals surface area (Å²) in [6, 6.07) is 5.13. The van der Waals surface area contributed by atoms with Crippen molar-refractivity contribution < 1.29 is 47.6 Å². The largest absolute Gasteiger partial charge is 0.462 e. The Morgan fingerprint density at radius 2 is 1.70 bits per heavy atom. The molecule has 27 heavy (non-hydrogen) atoms. The highest BCUT2D eigenvalue weighted by Gasteiger charge is 2.45. The topological polar surface area (TPSA) is 183 Å². The van der Waals surface area contributed by atoms with Crippen LogP contribution >= 0.6 is 7.60 Å². The van der Waals surface area contributed by atoms with E-state index in [1.807, 2.05) is 0 Å². The fourth-order valence-electron chi connectivity index (χ4n) is 2.50. The van der Waals surface area contributed by atoms with E-state index in [0.717, 1.165) is 0 Å². The third-order valence-corrected chi connectivity index (χ3v) is 6.30. The van der Waals surface area contributed by atoms with Gasteiger partial charge in [0.2, 0.25) is 16.3 Å². The van der Waals surface area contributed by atoms with Gasteiger partial charge in [0.05, 0.1) is 17.2 Å². The molecular formula is C14H22NO10PS. The molecule has 11 nitrogen and oxygen atoms in total. The van der Waals surface area contributed by atoms with Gasteiger partial charge >= 0.3 is 7.60 Å². The number of aliphatic hydroxyl groups excluding tert-OH is 3. The van der Waals surface area contributed by atoms with Gasteiger partial charge < -0.3 is 34.6 Å². The number of hydrogen-bond acceptors (Lipinski definition) is 8. The molecule has 13 heteroatoms. The van der Waals surface area contributed by atoms with Gasteiger partial charge in [0.15, 0.2) is 0 Å². The molecule has 0 spiro atoms. The Balaban J connectivity index is 2.11. The Bertz CT molecular complexity index is 780. The molecule has 0 saturated carbocycles. The van der Waals surface area contributed by atoms with Crippen molar-refractivity contribution in [3.63, 3.8) is 0 Å². The first-order chi connectivity index (χ1) is 12.4. The molecule has 1 aliphatic heterocycles. The zero-order chi connectivity index (χ0) is 20.4. The lowest BCUT2D eigenvalue weighted by molar-refractivity contribution is -0.272. The molecule has 1 aromatic carbocycles. The van der Waals surface area contributed by atoms with Crippen molar-refractivity contribution in [1.29, 1.82) is 0 Å². The zero-order valence-corrected chi connectivity index (χ0v) is 16.0. The van der Waals surface area contributed by atoms with Crippen molar-refractivity contribution >= 4 is 17.6 Å². The minimum Gasteiger partial charge on any atom is -0.462 e. The van der Waals surface area contributed by atoms with E-state index in [0.29, 0.717) is 0 Å². The van der Waals surface area contributed by atoms with Crippen molar-refractivity contribution in [2.75, 3.05) is 13.2 Å². The first kappa shape index (κ1) is 22.2. The normalized spacial score (nSPS) is 29.5. The smallest absolute Gasteiger partial charge is 0.325 e. The molecule has 154 valence electrons.